The maximum atomic E-state index is 9.59. The average molecular weight is 559 g/mol. The van der Waals surface area contributed by atoms with E-state index in [1.54, 1.807) is 11.3 Å². The molecule has 0 spiro atoms. The van der Waals surface area contributed by atoms with E-state index in [-0.39, 0.29) is 38.2 Å². The summed E-state index contributed by atoms with van der Waals surface area (Å²) in [4.78, 5) is 5.43. The zero-order valence-electron chi connectivity index (χ0n) is 15.0. The Labute approximate surface area is 177 Å². The quantitative estimate of drug-likeness (QED) is 0.427. The molecular formula is C22H24IrNO2S-. The third kappa shape index (κ3) is 4.67. The molecule has 4 unspecified atom stereocenters. The summed E-state index contributed by atoms with van der Waals surface area (Å²) in [6, 6.07) is 17.6. The van der Waals surface area contributed by atoms with Crippen molar-refractivity contribution in [3.8, 4) is 10.6 Å². The monoisotopic (exact) mass is 559 g/mol. The van der Waals surface area contributed by atoms with Crippen molar-refractivity contribution < 1.29 is 30.3 Å². The second-order valence-electron chi connectivity index (χ2n) is 7.25. The van der Waals surface area contributed by atoms with Gasteiger partial charge in [0.25, 0.3) is 0 Å². The van der Waals surface area contributed by atoms with E-state index in [1.165, 1.54) is 16.5 Å². The van der Waals surface area contributed by atoms with Gasteiger partial charge in [-0.25, -0.2) is 11.3 Å². The predicted molar refractivity (Wildman–Crippen MR) is 106 cm³/mol. The van der Waals surface area contributed by atoms with Crippen LogP contribution in [-0.4, -0.2) is 27.4 Å². The van der Waals surface area contributed by atoms with Crippen LogP contribution in [0.2, 0.25) is 0 Å². The first-order chi connectivity index (χ1) is 12.7. The zero-order chi connectivity index (χ0) is 17.9. The number of rotatable bonds is 1. The van der Waals surface area contributed by atoms with Crippen LogP contribution < -0.4 is 0 Å². The number of nitrogens with zero attached hydrogens (tertiary/aromatic N) is 1. The van der Waals surface area contributed by atoms with E-state index in [9.17, 15) is 10.2 Å². The van der Waals surface area contributed by atoms with Gasteiger partial charge in [0.05, 0.1) is 12.2 Å². The normalized spacial score (nSPS) is 26.6. The summed E-state index contributed by atoms with van der Waals surface area (Å²) in [6.45, 7) is 0. The van der Waals surface area contributed by atoms with E-state index in [4.69, 9.17) is 0 Å². The number of hydrogen-bond acceptors (Lipinski definition) is 4. The molecule has 2 heterocycles. The molecule has 2 N–H and O–H groups in total. The van der Waals surface area contributed by atoms with E-state index >= 15 is 0 Å². The van der Waals surface area contributed by atoms with Gasteiger partial charge in [-0.2, -0.15) is 0 Å². The van der Waals surface area contributed by atoms with Gasteiger partial charge in [0.2, 0.25) is 0 Å². The van der Waals surface area contributed by atoms with Gasteiger partial charge in [0.1, 0.15) is 0 Å². The fourth-order valence-corrected chi connectivity index (χ4v) is 5.28. The number of aliphatic hydroxyl groups excluding tert-OH is 2. The predicted octanol–water partition coefficient (Wildman–Crippen LogP) is 4.68. The van der Waals surface area contributed by atoms with Crippen LogP contribution >= 0.6 is 11.3 Å². The Morgan fingerprint density at radius 2 is 1.70 bits per heavy atom. The summed E-state index contributed by atoms with van der Waals surface area (Å²) in [5.41, 5.74) is 0.999. The van der Waals surface area contributed by atoms with Gasteiger partial charge in [-0.1, -0.05) is 30.7 Å². The van der Waals surface area contributed by atoms with Crippen LogP contribution in [0.5, 0.6) is 0 Å². The molecule has 4 atom stereocenters. The number of pyridine rings is 1. The average Bonchev–Trinajstić information content (AvgIpc) is 3.28. The molecule has 5 rings (SSSR count). The molecule has 0 aliphatic heterocycles. The van der Waals surface area contributed by atoms with Crippen molar-refractivity contribution in [3.05, 3.63) is 54.7 Å². The Kier molecular flexibility index (Phi) is 7.18. The minimum Gasteiger partial charge on any atom is -0.393 e. The molecule has 3 aromatic rings. The molecule has 0 bridgehead atoms. The fourth-order valence-electron chi connectivity index (χ4n) is 4.30. The van der Waals surface area contributed by atoms with E-state index in [0.717, 1.165) is 36.3 Å². The fraction of sp³-hybridized carbons (Fsp3) is 0.409. The number of hydrogen-bond donors (Lipinski definition) is 2. The van der Waals surface area contributed by atoms with E-state index in [1.807, 2.05) is 30.5 Å². The summed E-state index contributed by atoms with van der Waals surface area (Å²) in [7, 11) is 0. The van der Waals surface area contributed by atoms with Gasteiger partial charge in [-0.3, -0.25) is 0 Å². The molecule has 3 nitrogen and oxygen atoms in total. The summed E-state index contributed by atoms with van der Waals surface area (Å²) in [5.74, 6) is 0.831. The summed E-state index contributed by atoms with van der Waals surface area (Å²) in [5, 5.41) is 20.3. The van der Waals surface area contributed by atoms with Gasteiger partial charge in [-0.05, 0) is 47.2 Å². The minimum atomic E-state index is -0.216. The second kappa shape index (κ2) is 9.40. The summed E-state index contributed by atoms with van der Waals surface area (Å²) in [6.07, 6.45) is 6.69. The number of thiophene rings is 1. The molecule has 5 heteroatoms. The first-order valence-electron chi connectivity index (χ1n) is 9.41. The van der Waals surface area contributed by atoms with Gasteiger partial charge < -0.3 is 15.2 Å². The number of aliphatic hydroxyl groups is 2. The molecule has 2 saturated carbocycles. The molecule has 2 fully saturated rings. The van der Waals surface area contributed by atoms with Crippen molar-refractivity contribution in [1.82, 2.24) is 4.98 Å². The topological polar surface area (TPSA) is 53.4 Å². The molecule has 145 valence electrons. The summed E-state index contributed by atoms with van der Waals surface area (Å²) < 4.78 is 1.26. The standard InChI is InChI=1S/C13H8NS.C9H16O2.Ir/c1-2-7-12-10(5-1)9-13(15-12)11-6-3-4-8-14-11;10-7-3-1-2-6-4-5-8(11)9(6)7;/h1-8H;6-11H,1-5H2;/q-1;;. The third-order valence-corrected chi connectivity index (χ3v) is 6.68. The van der Waals surface area contributed by atoms with E-state index in [0.29, 0.717) is 5.92 Å². The Hall–Kier alpha value is -1.10. The van der Waals surface area contributed by atoms with Crippen molar-refractivity contribution in [3.63, 3.8) is 0 Å². The zero-order valence-corrected chi connectivity index (χ0v) is 18.3. The number of aromatic nitrogens is 1. The van der Waals surface area contributed by atoms with Crippen LogP contribution in [0.3, 0.4) is 0 Å². The van der Waals surface area contributed by atoms with Crippen LogP contribution in [0.25, 0.3) is 20.7 Å². The molecule has 1 aromatic carbocycles. The van der Waals surface area contributed by atoms with Crippen LogP contribution in [0, 0.1) is 17.9 Å². The first kappa shape index (κ1) is 20.6. The van der Waals surface area contributed by atoms with Crippen molar-refractivity contribution in [1.29, 1.82) is 0 Å². The molecule has 27 heavy (non-hydrogen) atoms. The van der Waals surface area contributed by atoms with Crippen molar-refractivity contribution in [2.45, 2.75) is 44.3 Å². The van der Waals surface area contributed by atoms with Crippen LogP contribution in [0.15, 0.2) is 48.7 Å². The molecule has 0 saturated heterocycles. The number of fused-ring (bicyclic) bond motifs is 2. The molecule has 2 aliphatic carbocycles. The first-order valence-corrected chi connectivity index (χ1v) is 10.2. The maximum absolute atomic E-state index is 9.59. The Bertz CT molecular complexity index is 819. The van der Waals surface area contributed by atoms with Crippen LogP contribution in [0.1, 0.15) is 32.1 Å². The molecule has 2 aromatic heterocycles. The smallest absolute Gasteiger partial charge is 0.0595 e. The molecular weight excluding hydrogens is 535 g/mol. The van der Waals surface area contributed by atoms with Crippen molar-refractivity contribution in [2.24, 2.45) is 11.8 Å². The van der Waals surface area contributed by atoms with E-state index < -0.39 is 0 Å². The summed E-state index contributed by atoms with van der Waals surface area (Å²) >= 11 is 1.73. The van der Waals surface area contributed by atoms with Gasteiger partial charge in [0.15, 0.2) is 0 Å². The maximum Gasteiger partial charge on any atom is 0.0595 e. The van der Waals surface area contributed by atoms with Crippen LogP contribution in [-0.2, 0) is 20.1 Å². The van der Waals surface area contributed by atoms with Gasteiger partial charge in [-0.15, -0.1) is 23.6 Å². The Balaban J connectivity index is 0.000000157. The Morgan fingerprint density at radius 1 is 0.926 bits per heavy atom. The van der Waals surface area contributed by atoms with Crippen LogP contribution in [0.4, 0.5) is 0 Å². The number of benzene rings is 1. The van der Waals surface area contributed by atoms with Gasteiger partial charge in [0, 0.05) is 37.9 Å². The van der Waals surface area contributed by atoms with E-state index in [2.05, 4.69) is 29.2 Å². The second-order valence-corrected chi connectivity index (χ2v) is 8.30. The third-order valence-electron chi connectivity index (χ3n) is 5.59. The van der Waals surface area contributed by atoms with Crippen molar-refractivity contribution in [2.75, 3.05) is 0 Å². The Morgan fingerprint density at radius 3 is 2.44 bits per heavy atom. The largest absolute Gasteiger partial charge is 0.393 e. The SMILES string of the molecule is OC1CCCC2CCC(O)C12.[Ir].[c-]1c(-c2ccccn2)sc2ccccc12. The van der Waals surface area contributed by atoms with Crippen molar-refractivity contribution >= 4 is 21.4 Å². The molecule has 1 radical (unpaired) electrons. The van der Waals surface area contributed by atoms with Gasteiger partial charge >= 0.3 is 0 Å². The minimum absolute atomic E-state index is 0. The molecule has 2 aliphatic rings. The molecule has 0 amide bonds.